The molecule has 2 aromatic heterocycles. The molecule has 94 valence electrons. The van der Waals surface area contributed by atoms with Gasteiger partial charge in [0.15, 0.2) is 0 Å². The van der Waals surface area contributed by atoms with Crippen LogP contribution in [-0.4, -0.2) is 19.6 Å². The Kier molecular flexibility index (Phi) is 2.96. The second kappa shape index (κ2) is 4.57. The van der Waals surface area contributed by atoms with Crippen molar-refractivity contribution in [2.24, 2.45) is 0 Å². The second-order valence-corrected chi connectivity index (χ2v) is 3.41. The lowest BCUT2D eigenvalue weighted by molar-refractivity contribution is 0.753. The molecule has 0 saturated heterocycles. The number of hydrogen-bond acceptors (Lipinski definition) is 5. The quantitative estimate of drug-likeness (QED) is 0.485. The Labute approximate surface area is 98.1 Å². The van der Waals surface area contributed by atoms with Crippen molar-refractivity contribution in [3.05, 3.63) is 65.7 Å². The molecule has 0 aliphatic heterocycles. The van der Waals surface area contributed by atoms with E-state index in [4.69, 9.17) is 0 Å². The highest BCUT2D eigenvalue weighted by Gasteiger charge is 2.01. The minimum Gasteiger partial charge on any atom is -0.317 e. The first-order valence-electron chi connectivity index (χ1n) is 4.93. The van der Waals surface area contributed by atoms with Crippen LogP contribution >= 0.6 is 0 Å². The van der Waals surface area contributed by atoms with Gasteiger partial charge in [-0.05, 0) is 0 Å². The number of H-pyrrole nitrogens is 3. The molecule has 9 nitrogen and oxygen atoms in total. The molecule has 9 heteroatoms. The molecule has 0 aromatic carbocycles. The van der Waals surface area contributed by atoms with Gasteiger partial charge in [-0.1, -0.05) is 0 Å². The van der Waals surface area contributed by atoms with E-state index in [1.165, 1.54) is 12.4 Å². The van der Waals surface area contributed by atoms with Crippen molar-refractivity contribution in [2.45, 2.75) is 6.54 Å². The highest BCUT2D eigenvalue weighted by Crippen LogP contribution is 1.84. The molecule has 4 N–H and O–H groups in total. The van der Waals surface area contributed by atoms with Gasteiger partial charge in [-0.3, -0.25) is 19.6 Å². The summed E-state index contributed by atoms with van der Waals surface area (Å²) in [6.45, 7) is 0.0120. The minimum absolute atomic E-state index is 0.0120. The molecular weight excluding hydrogens is 242 g/mol. The minimum atomic E-state index is -0.650. The third-order valence-corrected chi connectivity index (χ3v) is 2.16. The van der Waals surface area contributed by atoms with Crippen LogP contribution in [0.5, 0.6) is 0 Å². The molecule has 2 aromatic rings. The molecule has 0 bridgehead atoms. The first kappa shape index (κ1) is 11.6. The summed E-state index contributed by atoms with van der Waals surface area (Å²) in [5, 5.41) is 0. The molecule has 0 saturated carbocycles. The largest absolute Gasteiger partial charge is 0.346 e. The monoisotopic (exact) mass is 251 g/mol. The predicted molar refractivity (Wildman–Crippen MR) is 62.1 cm³/mol. The topological polar surface area (TPSA) is 133 Å². The van der Waals surface area contributed by atoms with Crippen molar-refractivity contribution in [1.29, 1.82) is 0 Å². The van der Waals surface area contributed by atoms with Gasteiger partial charge < -0.3 is 10.4 Å². The van der Waals surface area contributed by atoms with E-state index in [0.29, 0.717) is 0 Å². The summed E-state index contributed by atoms with van der Waals surface area (Å²) < 4.78 is 1.02. The van der Waals surface area contributed by atoms with E-state index in [1.807, 2.05) is 9.97 Å². The number of aromatic nitrogens is 4. The first-order valence-corrected chi connectivity index (χ1v) is 4.93. The van der Waals surface area contributed by atoms with Gasteiger partial charge in [-0.2, -0.15) is 0 Å². The fourth-order valence-corrected chi connectivity index (χ4v) is 1.28. The summed E-state index contributed by atoms with van der Waals surface area (Å²) in [6.07, 6.45) is 2.48. The molecule has 0 radical (unpaired) electrons. The maximum absolute atomic E-state index is 11.3. The maximum atomic E-state index is 11.3. The van der Waals surface area contributed by atoms with Crippen LogP contribution in [0.4, 0.5) is 0 Å². The van der Waals surface area contributed by atoms with Crippen LogP contribution in [0.25, 0.3) is 0 Å². The van der Waals surface area contributed by atoms with Crippen LogP contribution < -0.4 is 27.9 Å². The lowest BCUT2D eigenvalue weighted by Gasteiger charge is -2.06. The zero-order valence-electron chi connectivity index (χ0n) is 9.02. The van der Waals surface area contributed by atoms with Gasteiger partial charge in [0, 0.05) is 18.5 Å². The van der Waals surface area contributed by atoms with E-state index in [1.54, 1.807) is 0 Å². The zero-order valence-corrected chi connectivity index (χ0v) is 9.02. The van der Waals surface area contributed by atoms with Gasteiger partial charge in [-0.15, -0.1) is 0 Å². The molecule has 0 aliphatic rings. The smallest absolute Gasteiger partial charge is 0.317 e. The van der Waals surface area contributed by atoms with Crippen LogP contribution in [-0.2, 0) is 6.54 Å². The van der Waals surface area contributed by atoms with E-state index in [9.17, 15) is 19.2 Å². The number of hydrogen-bond donors (Lipinski definition) is 4. The molecule has 2 rings (SSSR count). The molecule has 0 atom stereocenters. The van der Waals surface area contributed by atoms with Crippen LogP contribution in [0, 0.1) is 0 Å². The number of nitrogens with one attached hydrogen (secondary N) is 4. The second-order valence-electron chi connectivity index (χ2n) is 3.41. The molecule has 0 spiro atoms. The predicted octanol–water partition coefficient (Wildman–Crippen LogP) is -2.34. The highest BCUT2D eigenvalue weighted by molar-refractivity contribution is 5.05. The molecule has 18 heavy (non-hydrogen) atoms. The summed E-state index contributed by atoms with van der Waals surface area (Å²) in [4.78, 5) is 50.6. The fraction of sp³-hybridized carbons (Fsp3) is 0.111. The Balaban J connectivity index is 2.21. The van der Waals surface area contributed by atoms with Crippen LogP contribution in [0.3, 0.4) is 0 Å². The van der Waals surface area contributed by atoms with Gasteiger partial charge in [-0.25, -0.2) is 14.3 Å². The number of rotatable bonds is 3. The van der Waals surface area contributed by atoms with Crippen molar-refractivity contribution in [2.75, 3.05) is 5.43 Å². The standard InChI is InChI=1S/C9H9N5O4/c15-6-1-2-14(9(18)12-6)11-4-5-3-10-8(17)13-7(5)16/h1-3,11H,4H2,(H,12,15,18)(H2,10,13,16,17). The lowest BCUT2D eigenvalue weighted by Crippen LogP contribution is -2.35. The van der Waals surface area contributed by atoms with E-state index >= 15 is 0 Å². The summed E-state index contributed by atoms with van der Waals surface area (Å²) >= 11 is 0. The molecule has 0 amide bonds. The van der Waals surface area contributed by atoms with Crippen LogP contribution in [0.15, 0.2) is 37.6 Å². The van der Waals surface area contributed by atoms with Crippen molar-refractivity contribution in [3.63, 3.8) is 0 Å². The first-order chi connectivity index (χ1) is 8.56. The van der Waals surface area contributed by atoms with E-state index in [-0.39, 0.29) is 12.1 Å². The maximum Gasteiger partial charge on any atom is 0.346 e. The number of aromatic amines is 3. The Hall–Kier alpha value is -2.84. The Morgan fingerprint density at radius 3 is 2.61 bits per heavy atom. The van der Waals surface area contributed by atoms with E-state index in [2.05, 4.69) is 10.4 Å². The molecule has 0 fully saturated rings. The normalized spacial score (nSPS) is 10.2. The van der Waals surface area contributed by atoms with E-state index < -0.39 is 22.5 Å². The van der Waals surface area contributed by atoms with Gasteiger partial charge in [0.1, 0.15) is 0 Å². The third kappa shape index (κ3) is 2.45. The Morgan fingerprint density at radius 1 is 1.17 bits per heavy atom. The van der Waals surface area contributed by atoms with Crippen molar-refractivity contribution >= 4 is 0 Å². The summed E-state index contributed by atoms with van der Waals surface area (Å²) in [5.41, 5.74) is 0.530. The van der Waals surface area contributed by atoms with Crippen molar-refractivity contribution in [3.8, 4) is 0 Å². The molecular formula is C9H9N5O4. The Bertz CT molecular complexity index is 713. The van der Waals surface area contributed by atoms with Gasteiger partial charge in [0.2, 0.25) is 0 Å². The van der Waals surface area contributed by atoms with E-state index in [0.717, 1.165) is 10.7 Å². The van der Waals surface area contributed by atoms with Crippen LogP contribution in [0.2, 0.25) is 0 Å². The molecule has 0 unspecified atom stereocenters. The molecule has 2 heterocycles. The average molecular weight is 251 g/mol. The van der Waals surface area contributed by atoms with Gasteiger partial charge in [0.05, 0.1) is 12.1 Å². The van der Waals surface area contributed by atoms with Crippen molar-refractivity contribution in [1.82, 2.24) is 19.6 Å². The summed E-state index contributed by atoms with van der Waals surface area (Å²) in [7, 11) is 0. The summed E-state index contributed by atoms with van der Waals surface area (Å²) in [5.74, 6) is 0. The summed E-state index contributed by atoms with van der Waals surface area (Å²) in [6, 6.07) is 1.16. The SMILES string of the molecule is O=c1ccn(NCc2c[nH]c(=O)[nH]c2=O)c(=O)[nH]1. The van der Waals surface area contributed by atoms with Gasteiger partial charge in [0.25, 0.3) is 11.1 Å². The number of nitrogens with zero attached hydrogens (tertiary/aromatic N) is 1. The van der Waals surface area contributed by atoms with Crippen LogP contribution in [0.1, 0.15) is 5.56 Å². The van der Waals surface area contributed by atoms with Gasteiger partial charge >= 0.3 is 11.4 Å². The average Bonchev–Trinajstić information content (AvgIpc) is 2.30. The Morgan fingerprint density at radius 2 is 1.94 bits per heavy atom. The highest BCUT2D eigenvalue weighted by atomic mass is 16.2. The lowest BCUT2D eigenvalue weighted by atomic mass is 10.3. The molecule has 0 aliphatic carbocycles. The van der Waals surface area contributed by atoms with Crippen molar-refractivity contribution < 1.29 is 0 Å². The fourth-order valence-electron chi connectivity index (χ4n) is 1.28. The third-order valence-electron chi connectivity index (χ3n) is 2.16. The zero-order chi connectivity index (χ0) is 13.1.